The zero-order chi connectivity index (χ0) is 14.5. The maximum Gasteiger partial charge on any atom is 0.303 e. The van der Waals surface area contributed by atoms with Crippen LogP contribution in [0.1, 0.15) is 61.6 Å². The van der Waals surface area contributed by atoms with Crippen molar-refractivity contribution in [3.05, 3.63) is 29.3 Å². The van der Waals surface area contributed by atoms with E-state index in [0.717, 1.165) is 11.3 Å². The number of methoxy groups -OCH3 is 1. The van der Waals surface area contributed by atoms with Gasteiger partial charge in [-0.1, -0.05) is 25.0 Å². The highest BCUT2D eigenvalue weighted by atomic mass is 16.5. The smallest absolute Gasteiger partial charge is 0.303 e. The number of ether oxygens (including phenoxy) is 1. The first-order valence-corrected chi connectivity index (χ1v) is 7.27. The van der Waals surface area contributed by atoms with E-state index < -0.39 is 5.97 Å². The number of nitrogens with two attached hydrogens (primary N) is 1. The zero-order valence-electron chi connectivity index (χ0n) is 12.0. The fourth-order valence-electron chi connectivity index (χ4n) is 2.98. The van der Waals surface area contributed by atoms with E-state index in [2.05, 4.69) is 6.07 Å². The molecule has 1 atom stereocenters. The molecule has 0 spiro atoms. The maximum absolute atomic E-state index is 10.6. The van der Waals surface area contributed by atoms with Crippen LogP contribution in [0.5, 0.6) is 5.75 Å². The lowest BCUT2D eigenvalue weighted by molar-refractivity contribution is -0.137. The molecule has 1 unspecified atom stereocenters. The Morgan fingerprint density at radius 1 is 1.45 bits per heavy atom. The molecule has 2 rings (SSSR count). The van der Waals surface area contributed by atoms with Crippen LogP contribution in [0.15, 0.2) is 18.2 Å². The Kier molecular flexibility index (Phi) is 5.01. The normalized spacial score (nSPS) is 17.1. The topological polar surface area (TPSA) is 72.5 Å². The van der Waals surface area contributed by atoms with Crippen LogP contribution in [0.3, 0.4) is 0 Å². The van der Waals surface area contributed by atoms with Crippen LogP contribution in [0, 0.1) is 0 Å². The summed E-state index contributed by atoms with van der Waals surface area (Å²) in [5, 5.41) is 8.74. The molecule has 1 fully saturated rings. The Hall–Kier alpha value is -1.55. The minimum absolute atomic E-state index is 0.103. The van der Waals surface area contributed by atoms with Crippen LogP contribution in [-0.4, -0.2) is 18.2 Å². The third kappa shape index (κ3) is 3.51. The van der Waals surface area contributed by atoms with Crippen LogP contribution >= 0.6 is 0 Å². The monoisotopic (exact) mass is 277 g/mol. The number of carboxylic acid groups (broad SMARTS) is 1. The standard InChI is InChI=1S/C16H23NO3/c1-20-15-8-6-12(14(17)7-9-16(18)19)10-13(15)11-4-2-3-5-11/h6,8,10-11,14H,2-5,7,9,17H2,1H3,(H,18,19). The van der Waals surface area contributed by atoms with Crippen LogP contribution in [0.25, 0.3) is 0 Å². The van der Waals surface area contributed by atoms with Gasteiger partial charge in [0.1, 0.15) is 5.75 Å². The fraction of sp³-hybridized carbons (Fsp3) is 0.562. The van der Waals surface area contributed by atoms with Crippen LogP contribution < -0.4 is 10.5 Å². The summed E-state index contributed by atoms with van der Waals surface area (Å²) in [4.78, 5) is 10.6. The number of rotatable bonds is 6. The minimum atomic E-state index is -0.801. The molecule has 1 aromatic carbocycles. The van der Waals surface area contributed by atoms with Crippen molar-refractivity contribution in [3.8, 4) is 5.75 Å². The predicted octanol–water partition coefficient (Wildman–Crippen LogP) is 3.22. The first-order valence-electron chi connectivity index (χ1n) is 7.27. The second-order valence-corrected chi connectivity index (χ2v) is 5.52. The lowest BCUT2D eigenvalue weighted by atomic mass is 9.92. The third-order valence-electron chi connectivity index (χ3n) is 4.15. The highest BCUT2D eigenvalue weighted by Crippen LogP contribution is 2.39. The van der Waals surface area contributed by atoms with Gasteiger partial charge in [-0.3, -0.25) is 4.79 Å². The predicted molar refractivity (Wildman–Crippen MR) is 78.0 cm³/mol. The molecule has 0 aromatic heterocycles. The van der Waals surface area contributed by atoms with E-state index in [1.54, 1.807) is 7.11 Å². The Labute approximate surface area is 119 Å². The number of hydrogen-bond donors (Lipinski definition) is 2. The van der Waals surface area contributed by atoms with Crippen molar-refractivity contribution in [1.82, 2.24) is 0 Å². The summed E-state index contributed by atoms with van der Waals surface area (Å²) in [7, 11) is 1.69. The Morgan fingerprint density at radius 2 is 2.15 bits per heavy atom. The zero-order valence-corrected chi connectivity index (χ0v) is 12.0. The molecule has 1 aliphatic rings. The van der Waals surface area contributed by atoms with Gasteiger partial charge in [0, 0.05) is 12.5 Å². The van der Waals surface area contributed by atoms with Gasteiger partial charge in [0.2, 0.25) is 0 Å². The van der Waals surface area contributed by atoms with E-state index in [9.17, 15) is 4.79 Å². The van der Waals surface area contributed by atoms with Gasteiger partial charge in [-0.15, -0.1) is 0 Å². The van der Waals surface area contributed by atoms with Crippen molar-refractivity contribution < 1.29 is 14.6 Å². The van der Waals surface area contributed by atoms with Crippen LogP contribution in [0.2, 0.25) is 0 Å². The number of carboxylic acids is 1. The molecule has 1 aliphatic carbocycles. The summed E-state index contributed by atoms with van der Waals surface area (Å²) in [6, 6.07) is 5.80. The molecule has 20 heavy (non-hydrogen) atoms. The quantitative estimate of drug-likeness (QED) is 0.837. The van der Waals surface area contributed by atoms with Crippen molar-refractivity contribution in [2.75, 3.05) is 7.11 Å². The SMILES string of the molecule is COc1ccc(C(N)CCC(=O)O)cc1C1CCCC1. The highest BCUT2D eigenvalue weighted by Gasteiger charge is 2.21. The lowest BCUT2D eigenvalue weighted by Crippen LogP contribution is -2.13. The van der Waals surface area contributed by atoms with Gasteiger partial charge in [0.15, 0.2) is 0 Å². The molecule has 1 aromatic rings. The van der Waals surface area contributed by atoms with Crippen LogP contribution in [0.4, 0.5) is 0 Å². The average molecular weight is 277 g/mol. The molecule has 1 saturated carbocycles. The summed E-state index contributed by atoms with van der Waals surface area (Å²) in [6.07, 6.45) is 5.50. The van der Waals surface area contributed by atoms with Crippen LogP contribution in [-0.2, 0) is 4.79 Å². The number of hydrogen-bond acceptors (Lipinski definition) is 3. The van der Waals surface area contributed by atoms with E-state index in [-0.39, 0.29) is 12.5 Å². The minimum Gasteiger partial charge on any atom is -0.496 e. The largest absolute Gasteiger partial charge is 0.496 e. The van der Waals surface area contributed by atoms with Crippen molar-refractivity contribution in [2.24, 2.45) is 5.73 Å². The van der Waals surface area contributed by atoms with E-state index in [0.29, 0.717) is 12.3 Å². The summed E-state index contributed by atoms with van der Waals surface area (Å²) < 4.78 is 5.46. The molecule has 0 radical (unpaired) electrons. The Morgan fingerprint density at radius 3 is 2.75 bits per heavy atom. The summed E-state index contributed by atoms with van der Waals surface area (Å²) in [5.41, 5.74) is 8.34. The van der Waals surface area contributed by atoms with Crippen molar-refractivity contribution in [1.29, 1.82) is 0 Å². The van der Waals surface area contributed by atoms with E-state index >= 15 is 0 Å². The summed E-state index contributed by atoms with van der Waals surface area (Å²) in [5.74, 6) is 0.674. The molecule has 0 heterocycles. The highest BCUT2D eigenvalue weighted by molar-refractivity contribution is 5.66. The molecule has 3 N–H and O–H groups in total. The van der Waals surface area contributed by atoms with E-state index in [1.165, 1.54) is 31.2 Å². The Bertz CT molecular complexity index is 467. The first-order chi connectivity index (χ1) is 9.61. The van der Waals surface area contributed by atoms with Gasteiger partial charge in [-0.05, 0) is 42.4 Å². The number of benzene rings is 1. The summed E-state index contributed by atoms with van der Waals surface area (Å²) in [6.45, 7) is 0. The van der Waals surface area contributed by atoms with E-state index in [1.807, 2.05) is 12.1 Å². The third-order valence-corrected chi connectivity index (χ3v) is 4.15. The lowest BCUT2D eigenvalue weighted by Gasteiger charge is -2.18. The maximum atomic E-state index is 10.6. The van der Waals surface area contributed by atoms with Gasteiger partial charge < -0.3 is 15.6 Å². The number of aliphatic carboxylic acids is 1. The molecule has 4 nitrogen and oxygen atoms in total. The van der Waals surface area contributed by atoms with Gasteiger partial charge in [-0.25, -0.2) is 0 Å². The molecular formula is C16H23NO3. The van der Waals surface area contributed by atoms with Crippen molar-refractivity contribution in [3.63, 3.8) is 0 Å². The van der Waals surface area contributed by atoms with E-state index in [4.69, 9.17) is 15.6 Å². The molecule has 0 bridgehead atoms. The van der Waals surface area contributed by atoms with Gasteiger partial charge in [0.05, 0.1) is 7.11 Å². The molecule has 0 amide bonds. The number of carbonyl (C=O) groups is 1. The van der Waals surface area contributed by atoms with Gasteiger partial charge in [-0.2, -0.15) is 0 Å². The molecular weight excluding hydrogens is 254 g/mol. The molecule has 0 aliphatic heterocycles. The van der Waals surface area contributed by atoms with Gasteiger partial charge in [0.25, 0.3) is 0 Å². The fourth-order valence-corrected chi connectivity index (χ4v) is 2.98. The molecule has 0 saturated heterocycles. The Balaban J connectivity index is 2.17. The van der Waals surface area contributed by atoms with Gasteiger partial charge >= 0.3 is 5.97 Å². The summed E-state index contributed by atoms with van der Waals surface area (Å²) >= 11 is 0. The molecule has 110 valence electrons. The second-order valence-electron chi connectivity index (χ2n) is 5.52. The van der Waals surface area contributed by atoms with Crippen molar-refractivity contribution in [2.45, 2.75) is 50.5 Å². The average Bonchev–Trinajstić information content (AvgIpc) is 2.98. The second kappa shape index (κ2) is 6.75. The van der Waals surface area contributed by atoms with Crippen molar-refractivity contribution >= 4 is 5.97 Å². The molecule has 4 heteroatoms. The first kappa shape index (κ1) is 14.9.